The first kappa shape index (κ1) is 19.3. The van der Waals surface area contributed by atoms with E-state index in [1.165, 1.54) is 11.5 Å². The third kappa shape index (κ3) is 3.31. The highest BCUT2D eigenvalue weighted by Gasteiger charge is 2.20. The number of benzene rings is 1. The van der Waals surface area contributed by atoms with Crippen LogP contribution in [0.2, 0.25) is 0 Å². The fourth-order valence-corrected chi connectivity index (χ4v) is 3.18. The summed E-state index contributed by atoms with van der Waals surface area (Å²) in [6.45, 7) is 2.85. The summed E-state index contributed by atoms with van der Waals surface area (Å²) in [4.78, 5) is 33.4. The Bertz CT molecular complexity index is 1290. The van der Waals surface area contributed by atoms with E-state index in [9.17, 15) is 14.7 Å². The summed E-state index contributed by atoms with van der Waals surface area (Å²) in [5, 5.41) is 10.2. The van der Waals surface area contributed by atoms with E-state index in [1.807, 2.05) is 0 Å². The first-order valence-electron chi connectivity index (χ1n) is 9.17. The Labute approximate surface area is 171 Å². The van der Waals surface area contributed by atoms with Crippen LogP contribution in [-0.2, 0) is 4.79 Å². The van der Waals surface area contributed by atoms with Crippen LogP contribution in [0.15, 0.2) is 59.9 Å². The second-order valence-corrected chi connectivity index (χ2v) is 6.76. The zero-order chi connectivity index (χ0) is 21.4. The van der Waals surface area contributed by atoms with Gasteiger partial charge in [-0.05, 0) is 36.8 Å². The minimum Gasteiger partial charge on any atom is -0.419 e. The van der Waals surface area contributed by atoms with Crippen molar-refractivity contribution in [1.82, 2.24) is 19.1 Å². The standard InChI is InChI=1S/C21H19N5O4/c1-12(27)14-3-5-15(6-4-14)26-20-16(18(22)19(21(26)29)30-13(2)28)7-8-17(24-20)25-10-9-23-11-25/h3-12,27H,22H2,1-2H3. The smallest absolute Gasteiger partial charge is 0.308 e. The maximum atomic E-state index is 13.3. The largest absolute Gasteiger partial charge is 0.419 e. The lowest BCUT2D eigenvalue weighted by atomic mass is 10.1. The van der Waals surface area contributed by atoms with Crippen molar-refractivity contribution in [2.45, 2.75) is 20.0 Å². The van der Waals surface area contributed by atoms with Gasteiger partial charge in [0, 0.05) is 24.7 Å². The van der Waals surface area contributed by atoms with E-state index < -0.39 is 17.6 Å². The van der Waals surface area contributed by atoms with Crippen LogP contribution in [0, 0.1) is 0 Å². The summed E-state index contributed by atoms with van der Waals surface area (Å²) >= 11 is 0. The summed E-state index contributed by atoms with van der Waals surface area (Å²) in [6, 6.07) is 10.2. The molecule has 1 aromatic carbocycles. The van der Waals surface area contributed by atoms with Gasteiger partial charge >= 0.3 is 11.5 Å². The number of hydrogen-bond donors (Lipinski definition) is 2. The Morgan fingerprint density at radius 1 is 1.20 bits per heavy atom. The molecule has 3 N–H and O–H groups in total. The number of rotatable bonds is 4. The van der Waals surface area contributed by atoms with Crippen LogP contribution in [0.25, 0.3) is 22.5 Å². The van der Waals surface area contributed by atoms with Gasteiger partial charge in [0.25, 0.3) is 0 Å². The van der Waals surface area contributed by atoms with Crippen LogP contribution in [0.3, 0.4) is 0 Å². The second kappa shape index (κ2) is 7.45. The van der Waals surface area contributed by atoms with Crippen molar-refractivity contribution in [1.29, 1.82) is 0 Å². The molecule has 0 aliphatic carbocycles. The number of imidazole rings is 1. The molecule has 9 nitrogen and oxygen atoms in total. The lowest BCUT2D eigenvalue weighted by Gasteiger charge is -2.16. The van der Waals surface area contributed by atoms with E-state index in [-0.39, 0.29) is 11.4 Å². The number of anilines is 1. The average molecular weight is 405 g/mol. The molecular weight excluding hydrogens is 386 g/mol. The number of nitrogens with zero attached hydrogens (tertiary/aromatic N) is 4. The highest BCUT2D eigenvalue weighted by atomic mass is 16.5. The molecule has 0 saturated carbocycles. The second-order valence-electron chi connectivity index (χ2n) is 6.76. The lowest BCUT2D eigenvalue weighted by molar-refractivity contribution is -0.131. The van der Waals surface area contributed by atoms with Crippen molar-refractivity contribution in [3.63, 3.8) is 0 Å². The third-order valence-electron chi connectivity index (χ3n) is 4.65. The number of nitrogen functional groups attached to an aromatic ring is 1. The Morgan fingerprint density at radius 3 is 2.53 bits per heavy atom. The monoisotopic (exact) mass is 405 g/mol. The molecule has 0 radical (unpaired) electrons. The van der Waals surface area contributed by atoms with E-state index in [0.717, 1.165) is 0 Å². The first-order valence-corrected chi connectivity index (χ1v) is 9.17. The van der Waals surface area contributed by atoms with Gasteiger partial charge in [0.2, 0.25) is 5.75 Å². The molecule has 0 aliphatic heterocycles. The van der Waals surface area contributed by atoms with Gasteiger partial charge in [-0.15, -0.1) is 0 Å². The van der Waals surface area contributed by atoms with E-state index in [1.54, 1.807) is 66.6 Å². The molecule has 0 spiro atoms. The SMILES string of the molecule is CC(=O)Oc1c(N)c2ccc(-n3ccnc3)nc2n(-c2ccc(C(C)O)cc2)c1=O. The summed E-state index contributed by atoms with van der Waals surface area (Å²) in [6.07, 6.45) is 4.28. The van der Waals surface area contributed by atoms with Crippen molar-refractivity contribution >= 4 is 22.7 Å². The van der Waals surface area contributed by atoms with Crippen LogP contribution >= 0.6 is 0 Å². The van der Waals surface area contributed by atoms with Crippen LogP contribution in [-0.4, -0.2) is 30.2 Å². The molecule has 4 aromatic rings. The molecule has 1 atom stereocenters. The number of ether oxygens (including phenoxy) is 1. The molecule has 4 rings (SSSR count). The summed E-state index contributed by atoms with van der Waals surface area (Å²) in [7, 11) is 0. The number of nitrogens with two attached hydrogens (primary N) is 1. The van der Waals surface area contributed by atoms with Gasteiger partial charge in [-0.25, -0.2) is 9.97 Å². The van der Waals surface area contributed by atoms with E-state index in [2.05, 4.69) is 9.97 Å². The number of aliphatic hydroxyl groups is 1. The normalized spacial score (nSPS) is 12.1. The highest BCUT2D eigenvalue weighted by molar-refractivity contribution is 5.93. The lowest BCUT2D eigenvalue weighted by Crippen LogP contribution is -2.25. The van der Waals surface area contributed by atoms with Gasteiger partial charge in [0.05, 0.1) is 17.5 Å². The van der Waals surface area contributed by atoms with Crippen molar-refractivity contribution < 1.29 is 14.6 Å². The van der Waals surface area contributed by atoms with Gasteiger partial charge < -0.3 is 15.6 Å². The first-order chi connectivity index (χ1) is 14.4. The Balaban J connectivity index is 2.04. The zero-order valence-corrected chi connectivity index (χ0v) is 16.3. The van der Waals surface area contributed by atoms with Gasteiger partial charge in [0.1, 0.15) is 12.1 Å². The number of aliphatic hydroxyl groups excluding tert-OH is 1. The Hall–Kier alpha value is -3.98. The quantitative estimate of drug-likeness (QED) is 0.498. The molecule has 0 bridgehead atoms. The Kier molecular flexibility index (Phi) is 4.80. The molecule has 1 unspecified atom stereocenters. The van der Waals surface area contributed by atoms with Crippen LogP contribution in [0.5, 0.6) is 5.75 Å². The van der Waals surface area contributed by atoms with Crippen molar-refractivity contribution in [3.05, 3.63) is 71.0 Å². The number of esters is 1. The van der Waals surface area contributed by atoms with Crippen LogP contribution in [0.1, 0.15) is 25.5 Å². The molecular formula is C21H19N5O4. The minimum absolute atomic E-state index is 0.0340. The maximum absolute atomic E-state index is 13.3. The van der Waals surface area contributed by atoms with Gasteiger partial charge in [-0.3, -0.25) is 18.7 Å². The third-order valence-corrected chi connectivity index (χ3v) is 4.65. The average Bonchev–Trinajstić information content (AvgIpc) is 3.26. The van der Waals surface area contributed by atoms with Gasteiger partial charge in [-0.1, -0.05) is 12.1 Å². The molecule has 0 aliphatic rings. The van der Waals surface area contributed by atoms with E-state index >= 15 is 0 Å². The predicted molar refractivity (Wildman–Crippen MR) is 111 cm³/mol. The molecule has 0 saturated heterocycles. The van der Waals surface area contributed by atoms with Crippen LogP contribution < -0.4 is 16.0 Å². The fourth-order valence-electron chi connectivity index (χ4n) is 3.18. The number of pyridine rings is 2. The number of carbonyl (C=O) groups excluding carboxylic acids is 1. The van der Waals surface area contributed by atoms with Gasteiger partial charge in [0.15, 0.2) is 5.65 Å². The zero-order valence-electron chi connectivity index (χ0n) is 16.3. The topological polar surface area (TPSA) is 125 Å². The van der Waals surface area contributed by atoms with Crippen LogP contribution in [0.4, 0.5) is 5.69 Å². The van der Waals surface area contributed by atoms with Crippen molar-refractivity contribution in [2.24, 2.45) is 0 Å². The molecule has 0 fully saturated rings. The summed E-state index contributed by atoms with van der Waals surface area (Å²) in [5.41, 5.74) is 7.06. The Morgan fingerprint density at radius 2 is 1.93 bits per heavy atom. The molecule has 3 heterocycles. The number of hydrogen-bond acceptors (Lipinski definition) is 7. The van der Waals surface area contributed by atoms with E-state index in [4.69, 9.17) is 10.5 Å². The van der Waals surface area contributed by atoms with Crippen molar-refractivity contribution in [3.8, 4) is 17.3 Å². The molecule has 0 amide bonds. The summed E-state index contributed by atoms with van der Waals surface area (Å²) < 4.78 is 8.16. The predicted octanol–water partition coefficient (Wildman–Crippen LogP) is 2.13. The van der Waals surface area contributed by atoms with Crippen molar-refractivity contribution in [2.75, 3.05) is 5.73 Å². The number of fused-ring (bicyclic) bond motifs is 1. The summed E-state index contributed by atoms with van der Waals surface area (Å²) in [5.74, 6) is -0.377. The maximum Gasteiger partial charge on any atom is 0.308 e. The fraction of sp³-hybridized carbons (Fsp3) is 0.143. The van der Waals surface area contributed by atoms with E-state index in [0.29, 0.717) is 28.1 Å². The van der Waals surface area contributed by atoms with Gasteiger partial charge in [-0.2, -0.15) is 0 Å². The molecule has 152 valence electrons. The highest BCUT2D eigenvalue weighted by Crippen LogP contribution is 2.29. The number of carbonyl (C=O) groups is 1. The molecule has 9 heteroatoms. The number of aromatic nitrogens is 4. The minimum atomic E-state index is -0.655. The molecule has 3 aromatic heterocycles. The molecule has 30 heavy (non-hydrogen) atoms.